The summed E-state index contributed by atoms with van der Waals surface area (Å²) in [7, 11) is 0. The maximum absolute atomic E-state index is 5.61. The van der Waals surface area contributed by atoms with Crippen LogP contribution in [0, 0.1) is 0 Å². The van der Waals surface area contributed by atoms with Gasteiger partial charge in [0.05, 0.1) is 13.2 Å². The number of aromatic nitrogens is 1. The van der Waals surface area contributed by atoms with E-state index in [1.165, 1.54) is 0 Å². The first kappa shape index (κ1) is 25.4. The second-order valence-electron chi connectivity index (χ2n) is 4.27. The molecule has 0 amide bonds. The van der Waals surface area contributed by atoms with Crippen molar-refractivity contribution in [3.8, 4) is 5.75 Å². The lowest BCUT2D eigenvalue weighted by atomic mass is 10.2. The highest BCUT2D eigenvalue weighted by molar-refractivity contribution is 5.20. The van der Waals surface area contributed by atoms with Crippen LogP contribution in [0.5, 0.6) is 5.75 Å². The molecule has 4 heteroatoms. The fraction of sp³-hybridized carbons (Fsp3) is 0.571. The maximum Gasteiger partial charge on any atom is 0.124 e. The van der Waals surface area contributed by atoms with E-state index in [2.05, 4.69) is 5.16 Å². The fourth-order valence-corrected chi connectivity index (χ4v) is 1.68. The molecule has 0 spiro atoms. The van der Waals surface area contributed by atoms with E-state index in [-0.39, 0.29) is 0 Å². The molecule has 0 unspecified atom stereocenters. The van der Waals surface area contributed by atoms with Gasteiger partial charge < -0.3 is 14.0 Å². The summed E-state index contributed by atoms with van der Waals surface area (Å²) >= 11 is 0. The molecule has 0 bridgehead atoms. The smallest absolute Gasteiger partial charge is 0.124 e. The summed E-state index contributed by atoms with van der Waals surface area (Å²) in [6.45, 7) is 14.0. The molecule has 0 radical (unpaired) electrons. The molecule has 1 heterocycles. The van der Waals surface area contributed by atoms with Crippen LogP contribution in [-0.4, -0.2) is 18.4 Å². The molecule has 2 rings (SSSR count). The molecule has 0 saturated carbocycles. The first-order valence-electron chi connectivity index (χ1n) is 9.60. The predicted molar refractivity (Wildman–Crippen MR) is 106 cm³/mol. The highest BCUT2D eigenvalue weighted by atomic mass is 16.5. The van der Waals surface area contributed by atoms with E-state index in [4.69, 9.17) is 14.0 Å². The standard InChI is InChI=1S/C15H19NO3.3C2H6/c1-3-7-15(8-4-1)18-11-6-2-5-10-17-13-14-9-12-19-16-14;3*1-2/h1,3-4,7-9,12H,2,5-6,10-11,13H2;3*1-2H3. The van der Waals surface area contributed by atoms with Crippen molar-refractivity contribution in [2.75, 3.05) is 13.2 Å². The number of para-hydroxylation sites is 1. The van der Waals surface area contributed by atoms with Gasteiger partial charge in [-0.3, -0.25) is 0 Å². The fourth-order valence-electron chi connectivity index (χ4n) is 1.68. The predicted octanol–water partition coefficient (Wildman–Crippen LogP) is 6.52. The van der Waals surface area contributed by atoms with E-state index in [0.29, 0.717) is 6.61 Å². The summed E-state index contributed by atoms with van der Waals surface area (Å²) in [5.74, 6) is 0.935. The largest absolute Gasteiger partial charge is 0.494 e. The second kappa shape index (κ2) is 22.2. The Balaban J connectivity index is 0. The molecule has 144 valence electrons. The first-order chi connectivity index (χ1) is 12.4. The zero-order chi connectivity index (χ0) is 19.2. The third-order valence-electron chi connectivity index (χ3n) is 2.69. The van der Waals surface area contributed by atoms with E-state index in [9.17, 15) is 0 Å². The molecule has 2 aromatic rings. The lowest BCUT2D eigenvalue weighted by Gasteiger charge is -2.05. The van der Waals surface area contributed by atoms with Crippen molar-refractivity contribution in [3.05, 3.63) is 48.4 Å². The van der Waals surface area contributed by atoms with Gasteiger partial charge in [-0.1, -0.05) is 64.9 Å². The molecule has 25 heavy (non-hydrogen) atoms. The van der Waals surface area contributed by atoms with Crippen LogP contribution in [-0.2, 0) is 11.3 Å². The van der Waals surface area contributed by atoms with Gasteiger partial charge in [0.25, 0.3) is 0 Å². The van der Waals surface area contributed by atoms with Gasteiger partial charge in [-0.2, -0.15) is 0 Å². The SMILES string of the molecule is CC.CC.CC.c1ccc(OCCCCCOCc2ccon2)cc1. The van der Waals surface area contributed by atoms with Crippen molar-refractivity contribution in [1.29, 1.82) is 0 Å². The van der Waals surface area contributed by atoms with Gasteiger partial charge in [0.15, 0.2) is 0 Å². The molecular formula is C21H37NO3. The number of hydrogen-bond acceptors (Lipinski definition) is 4. The van der Waals surface area contributed by atoms with Gasteiger partial charge >= 0.3 is 0 Å². The van der Waals surface area contributed by atoms with Gasteiger partial charge in [0.2, 0.25) is 0 Å². The van der Waals surface area contributed by atoms with Crippen LogP contribution < -0.4 is 4.74 Å². The Morgan fingerprint density at radius 1 is 0.800 bits per heavy atom. The van der Waals surface area contributed by atoms with Gasteiger partial charge in [-0.25, -0.2) is 0 Å². The van der Waals surface area contributed by atoms with Crippen molar-refractivity contribution in [2.45, 2.75) is 67.4 Å². The van der Waals surface area contributed by atoms with E-state index >= 15 is 0 Å². The summed E-state index contributed by atoms with van der Waals surface area (Å²) in [6, 6.07) is 11.7. The van der Waals surface area contributed by atoms with Crippen LogP contribution in [0.25, 0.3) is 0 Å². The van der Waals surface area contributed by atoms with Gasteiger partial charge in [-0.05, 0) is 31.4 Å². The number of nitrogens with zero attached hydrogens (tertiary/aromatic N) is 1. The van der Waals surface area contributed by atoms with E-state index < -0.39 is 0 Å². The molecule has 0 N–H and O–H groups in total. The third kappa shape index (κ3) is 15.5. The summed E-state index contributed by atoms with van der Waals surface area (Å²) in [5, 5.41) is 3.78. The first-order valence-corrected chi connectivity index (χ1v) is 9.60. The van der Waals surface area contributed by atoms with Crippen molar-refractivity contribution >= 4 is 0 Å². The van der Waals surface area contributed by atoms with Crippen molar-refractivity contribution in [2.24, 2.45) is 0 Å². The Bertz CT molecular complexity index is 430. The monoisotopic (exact) mass is 351 g/mol. The lowest BCUT2D eigenvalue weighted by Crippen LogP contribution is -1.99. The van der Waals surface area contributed by atoms with Crippen LogP contribution in [0.1, 0.15) is 66.5 Å². The quantitative estimate of drug-likeness (QED) is 0.482. The lowest BCUT2D eigenvalue weighted by molar-refractivity contribution is 0.111. The van der Waals surface area contributed by atoms with Crippen LogP contribution in [0.4, 0.5) is 0 Å². The molecule has 0 aliphatic rings. The third-order valence-corrected chi connectivity index (χ3v) is 2.69. The average molecular weight is 352 g/mol. The molecule has 1 aromatic carbocycles. The van der Waals surface area contributed by atoms with Crippen LogP contribution in [0.2, 0.25) is 0 Å². The number of hydrogen-bond donors (Lipinski definition) is 0. The highest BCUT2D eigenvalue weighted by Crippen LogP contribution is 2.09. The highest BCUT2D eigenvalue weighted by Gasteiger charge is 1.96. The van der Waals surface area contributed by atoms with Crippen molar-refractivity contribution < 1.29 is 14.0 Å². The number of unbranched alkanes of at least 4 members (excludes halogenated alkanes) is 2. The minimum absolute atomic E-state index is 0.525. The van der Waals surface area contributed by atoms with Crippen LogP contribution in [0.15, 0.2) is 47.2 Å². The van der Waals surface area contributed by atoms with E-state index in [0.717, 1.165) is 43.9 Å². The van der Waals surface area contributed by atoms with Crippen LogP contribution >= 0.6 is 0 Å². The van der Waals surface area contributed by atoms with Gasteiger partial charge in [0, 0.05) is 12.7 Å². The molecule has 1 aromatic heterocycles. The van der Waals surface area contributed by atoms with Crippen molar-refractivity contribution in [3.63, 3.8) is 0 Å². The zero-order valence-corrected chi connectivity index (χ0v) is 17.0. The minimum Gasteiger partial charge on any atom is -0.494 e. The summed E-state index contributed by atoms with van der Waals surface area (Å²) in [6.07, 6.45) is 4.74. The summed E-state index contributed by atoms with van der Waals surface area (Å²) < 4.78 is 15.8. The molecule has 0 atom stereocenters. The van der Waals surface area contributed by atoms with Gasteiger partial charge in [0.1, 0.15) is 17.7 Å². The van der Waals surface area contributed by atoms with Crippen LogP contribution in [0.3, 0.4) is 0 Å². The average Bonchev–Trinajstić information content (AvgIpc) is 3.23. The summed E-state index contributed by atoms with van der Waals surface area (Å²) in [4.78, 5) is 0. The maximum atomic E-state index is 5.61. The second-order valence-corrected chi connectivity index (χ2v) is 4.27. The summed E-state index contributed by atoms with van der Waals surface area (Å²) in [5.41, 5.74) is 0.840. The Morgan fingerprint density at radius 2 is 1.44 bits per heavy atom. The topological polar surface area (TPSA) is 44.5 Å². The Kier molecular flexibility index (Phi) is 22.6. The van der Waals surface area contributed by atoms with Gasteiger partial charge in [-0.15, -0.1) is 0 Å². The minimum atomic E-state index is 0.525. The Labute approximate surface area is 154 Å². The molecular weight excluding hydrogens is 314 g/mol. The molecule has 0 aliphatic heterocycles. The Morgan fingerprint density at radius 3 is 2.04 bits per heavy atom. The normalized spacial score (nSPS) is 8.72. The zero-order valence-electron chi connectivity index (χ0n) is 17.0. The molecule has 4 nitrogen and oxygen atoms in total. The van der Waals surface area contributed by atoms with E-state index in [1.54, 1.807) is 6.26 Å². The molecule has 0 fully saturated rings. The Hall–Kier alpha value is -1.81. The number of rotatable bonds is 9. The van der Waals surface area contributed by atoms with Crippen molar-refractivity contribution in [1.82, 2.24) is 5.16 Å². The molecule has 0 saturated heterocycles. The van der Waals surface area contributed by atoms with E-state index in [1.807, 2.05) is 77.9 Å². The number of benzene rings is 1. The number of ether oxygens (including phenoxy) is 2. The molecule has 0 aliphatic carbocycles.